The van der Waals surface area contributed by atoms with Crippen molar-refractivity contribution in [3.8, 4) is 11.5 Å². The molecule has 1 N–H and O–H groups in total. The molecule has 2 aliphatic heterocycles. The first-order valence-electron chi connectivity index (χ1n) is 11.0. The van der Waals surface area contributed by atoms with Crippen molar-refractivity contribution >= 4 is 5.91 Å². The predicted molar refractivity (Wildman–Crippen MR) is 120 cm³/mol. The Kier molecular flexibility index (Phi) is 5.27. The van der Waals surface area contributed by atoms with E-state index in [1.165, 1.54) is 16.9 Å². The molecule has 0 spiro atoms. The number of benzene rings is 2. The molecule has 3 aromatic rings. The lowest BCUT2D eigenvalue weighted by molar-refractivity contribution is 0.0407. The zero-order chi connectivity index (χ0) is 24.1. The number of amides is 1. The number of carbonyl (C=O) groups is 1. The maximum atomic E-state index is 14.5. The van der Waals surface area contributed by atoms with E-state index < -0.39 is 40.9 Å². The molecule has 0 radical (unpaired) electrons. The SMILES string of the molecule is CC(C)N1C(=O)c2c(O)c(=O)ccn2N2[C@H](c3ccccc3)c3cc(F)c(F)cc3OCC[C@@H]12. The summed E-state index contributed by atoms with van der Waals surface area (Å²) < 4.78 is 36.0. The molecule has 5 rings (SSSR count). The Morgan fingerprint density at radius 3 is 2.47 bits per heavy atom. The van der Waals surface area contributed by atoms with Crippen LogP contribution in [0.2, 0.25) is 0 Å². The molecular weight excluding hydrogens is 444 g/mol. The molecule has 2 atom stereocenters. The second-order valence-electron chi connectivity index (χ2n) is 8.64. The number of hydrogen-bond acceptors (Lipinski definition) is 5. The zero-order valence-corrected chi connectivity index (χ0v) is 18.6. The van der Waals surface area contributed by atoms with Gasteiger partial charge in [-0.15, -0.1) is 0 Å². The molecule has 0 unspecified atom stereocenters. The number of carbonyl (C=O) groups excluding carboxylic acids is 1. The van der Waals surface area contributed by atoms with Gasteiger partial charge in [-0.05, 0) is 25.5 Å². The van der Waals surface area contributed by atoms with E-state index >= 15 is 0 Å². The first kappa shape index (κ1) is 21.9. The maximum absolute atomic E-state index is 14.5. The lowest BCUT2D eigenvalue weighted by Crippen LogP contribution is -2.64. The average Bonchev–Trinajstić information content (AvgIpc) is 2.80. The quantitative estimate of drug-likeness (QED) is 0.624. The molecule has 176 valence electrons. The fourth-order valence-corrected chi connectivity index (χ4v) is 4.85. The number of hydrogen-bond donors (Lipinski definition) is 1. The third-order valence-electron chi connectivity index (χ3n) is 6.28. The van der Waals surface area contributed by atoms with Gasteiger partial charge in [-0.2, -0.15) is 0 Å². The smallest absolute Gasteiger partial charge is 0.278 e. The Morgan fingerprint density at radius 1 is 1.06 bits per heavy atom. The Labute approximate surface area is 194 Å². The monoisotopic (exact) mass is 467 g/mol. The number of pyridine rings is 1. The van der Waals surface area contributed by atoms with E-state index in [0.717, 1.165) is 17.7 Å². The summed E-state index contributed by atoms with van der Waals surface area (Å²) in [6, 6.07) is 11.4. The van der Waals surface area contributed by atoms with Gasteiger partial charge in [0.1, 0.15) is 18.0 Å². The van der Waals surface area contributed by atoms with E-state index in [-0.39, 0.29) is 24.1 Å². The minimum Gasteiger partial charge on any atom is -0.502 e. The highest BCUT2D eigenvalue weighted by Gasteiger charge is 2.45. The number of aromatic hydroxyl groups is 1. The van der Waals surface area contributed by atoms with Crippen LogP contribution in [0.5, 0.6) is 11.5 Å². The normalized spacial score (nSPS) is 19.6. The lowest BCUT2D eigenvalue weighted by Gasteiger charge is -2.52. The molecule has 0 fully saturated rings. The summed E-state index contributed by atoms with van der Waals surface area (Å²) in [5.74, 6) is -3.03. The van der Waals surface area contributed by atoms with Gasteiger partial charge in [0.15, 0.2) is 23.1 Å². The van der Waals surface area contributed by atoms with Gasteiger partial charge in [-0.25, -0.2) is 8.78 Å². The summed E-state index contributed by atoms with van der Waals surface area (Å²) in [6.07, 6.45) is 1.21. The Bertz CT molecular complexity index is 1330. The molecule has 0 bridgehead atoms. The zero-order valence-electron chi connectivity index (χ0n) is 18.6. The molecule has 9 heteroatoms. The van der Waals surface area contributed by atoms with Crippen LogP contribution in [0.1, 0.15) is 47.9 Å². The molecule has 2 aliphatic rings. The van der Waals surface area contributed by atoms with Crippen LogP contribution in [-0.2, 0) is 0 Å². The first-order chi connectivity index (χ1) is 16.3. The topological polar surface area (TPSA) is 75.0 Å². The fourth-order valence-electron chi connectivity index (χ4n) is 4.85. The predicted octanol–water partition coefficient (Wildman–Crippen LogP) is 3.53. The van der Waals surface area contributed by atoms with Crippen LogP contribution in [-0.4, -0.2) is 39.4 Å². The maximum Gasteiger partial charge on any atom is 0.278 e. The third kappa shape index (κ3) is 3.30. The van der Waals surface area contributed by atoms with Crippen molar-refractivity contribution in [2.24, 2.45) is 0 Å². The van der Waals surface area contributed by atoms with E-state index in [1.807, 2.05) is 49.2 Å². The van der Waals surface area contributed by atoms with Gasteiger partial charge in [0.05, 0.1) is 6.61 Å². The first-order valence-corrected chi connectivity index (χ1v) is 11.0. The van der Waals surface area contributed by atoms with Crippen molar-refractivity contribution in [1.29, 1.82) is 0 Å². The number of aromatic nitrogens is 1. The summed E-state index contributed by atoms with van der Waals surface area (Å²) >= 11 is 0. The van der Waals surface area contributed by atoms with Crippen LogP contribution in [0, 0.1) is 11.6 Å². The van der Waals surface area contributed by atoms with Gasteiger partial charge in [0.25, 0.3) is 5.91 Å². The molecule has 7 nitrogen and oxygen atoms in total. The van der Waals surface area contributed by atoms with E-state index in [2.05, 4.69) is 0 Å². The van der Waals surface area contributed by atoms with Gasteiger partial charge in [-0.1, -0.05) is 30.3 Å². The van der Waals surface area contributed by atoms with Gasteiger partial charge < -0.3 is 14.7 Å². The van der Waals surface area contributed by atoms with E-state index in [4.69, 9.17) is 4.74 Å². The van der Waals surface area contributed by atoms with Crippen molar-refractivity contribution in [1.82, 2.24) is 9.58 Å². The molecule has 0 saturated heterocycles. The van der Waals surface area contributed by atoms with Crippen LogP contribution < -0.4 is 15.2 Å². The highest BCUT2D eigenvalue weighted by atomic mass is 19.2. The highest BCUT2D eigenvalue weighted by molar-refractivity contribution is 5.96. The molecule has 2 aromatic carbocycles. The van der Waals surface area contributed by atoms with Crippen LogP contribution >= 0.6 is 0 Å². The second kappa shape index (κ2) is 8.16. The van der Waals surface area contributed by atoms with Crippen molar-refractivity contribution in [2.45, 2.75) is 38.5 Å². The lowest BCUT2D eigenvalue weighted by atomic mass is 9.94. The van der Waals surface area contributed by atoms with Crippen molar-refractivity contribution < 1.29 is 23.4 Å². The minimum absolute atomic E-state index is 0.138. The minimum atomic E-state index is -1.03. The summed E-state index contributed by atoms with van der Waals surface area (Å²) in [5.41, 5.74) is 0.232. The summed E-state index contributed by atoms with van der Waals surface area (Å²) in [6.45, 7) is 3.81. The van der Waals surface area contributed by atoms with E-state index in [9.17, 15) is 23.5 Å². The molecule has 1 aromatic heterocycles. The molecular formula is C25H23F2N3O4. The average molecular weight is 467 g/mol. The fraction of sp³-hybridized carbons (Fsp3) is 0.280. The Hall–Kier alpha value is -3.88. The van der Waals surface area contributed by atoms with Gasteiger partial charge in [-0.3, -0.25) is 19.3 Å². The summed E-state index contributed by atoms with van der Waals surface area (Å²) in [7, 11) is 0. The number of nitrogens with zero attached hydrogens (tertiary/aromatic N) is 3. The van der Waals surface area contributed by atoms with E-state index in [0.29, 0.717) is 12.0 Å². The number of fused-ring (bicyclic) bond motifs is 4. The summed E-state index contributed by atoms with van der Waals surface area (Å²) in [4.78, 5) is 27.3. The highest BCUT2D eigenvalue weighted by Crippen LogP contribution is 2.41. The van der Waals surface area contributed by atoms with Crippen molar-refractivity contribution in [3.05, 3.63) is 93.4 Å². The van der Waals surface area contributed by atoms with Crippen LogP contribution in [0.4, 0.5) is 8.78 Å². The molecule has 0 aliphatic carbocycles. The summed E-state index contributed by atoms with van der Waals surface area (Å²) in [5, 5.41) is 12.4. The number of rotatable bonds is 2. The van der Waals surface area contributed by atoms with Gasteiger partial charge in [0.2, 0.25) is 5.43 Å². The Balaban J connectivity index is 1.86. The number of halogens is 2. The van der Waals surface area contributed by atoms with Crippen LogP contribution in [0.3, 0.4) is 0 Å². The van der Waals surface area contributed by atoms with Crippen molar-refractivity contribution in [2.75, 3.05) is 11.6 Å². The van der Waals surface area contributed by atoms with Crippen LogP contribution in [0.25, 0.3) is 0 Å². The third-order valence-corrected chi connectivity index (χ3v) is 6.28. The van der Waals surface area contributed by atoms with Gasteiger partial charge >= 0.3 is 0 Å². The molecule has 34 heavy (non-hydrogen) atoms. The number of ether oxygens (including phenoxy) is 1. The van der Waals surface area contributed by atoms with Gasteiger partial charge in [0, 0.05) is 36.4 Å². The molecule has 3 heterocycles. The van der Waals surface area contributed by atoms with E-state index in [1.54, 1.807) is 4.90 Å². The molecule has 0 saturated carbocycles. The second-order valence-corrected chi connectivity index (χ2v) is 8.64. The Morgan fingerprint density at radius 2 is 1.76 bits per heavy atom. The largest absolute Gasteiger partial charge is 0.502 e. The standard InChI is InChI=1S/C25H23F2N3O4/c1-14(2)29-21-9-11-34-20-13-18(27)17(26)12-16(20)22(15-6-4-3-5-7-15)30(21)28-10-8-19(31)24(32)23(28)25(29)33/h3-8,10,12-14,21-22,32H,9,11H2,1-2H3/t21-,22+/m0/s1. The van der Waals surface area contributed by atoms with Crippen LogP contribution in [0.15, 0.2) is 59.5 Å². The van der Waals surface area contributed by atoms with Crippen molar-refractivity contribution in [3.63, 3.8) is 0 Å². The molecule has 1 amide bonds.